The first-order valence-electron chi connectivity index (χ1n) is 7.32. The fraction of sp³-hybridized carbons (Fsp3) is 0.625. The Labute approximate surface area is 115 Å². The number of aryl methyl sites for hydroxylation is 1. The second kappa shape index (κ2) is 5.04. The first kappa shape index (κ1) is 12.8. The van der Waals surface area contributed by atoms with Crippen molar-refractivity contribution < 1.29 is 9.47 Å². The zero-order valence-corrected chi connectivity index (χ0v) is 11.9. The van der Waals surface area contributed by atoms with Gasteiger partial charge in [-0.2, -0.15) is 0 Å². The summed E-state index contributed by atoms with van der Waals surface area (Å²) in [5, 5.41) is 3.36. The second-order valence-corrected chi connectivity index (χ2v) is 6.20. The lowest BCUT2D eigenvalue weighted by Crippen LogP contribution is -2.34. The average Bonchev–Trinajstić information content (AvgIpc) is 2.39. The van der Waals surface area contributed by atoms with E-state index in [2.05, 4.69) is 31.3 Å². The molecule has 1 aromatic rings. The molecule has 3 heteroatoms. The predicted octanol–water partition coefficient (Wildman–Crippen LogP) is 2.92. The highest BCUT2D eigenvalue weighted by Gasteiger charge is 2.26. The highest BCUT2D eigenvalue weighted by molar-refractivity contribution is 5.42. The smallest absolute Gasteiger partial charge is 0.123 e. The minimum Gasteiger partial charge on any atom is -0.490 e. The van der Waals surface area contributed by atoms with Gasteiger partial charge in [-0.25, -0.2) is 0 Å². The summed E-state index contributed by atoms with van der Waals surface area (Å²) in [4.78, 5) is 0. The molecule has 0 aromatic heterocycles. The standard InChI is InChI=1S/C16H23NO2/c1-16(2)8-5-12-11-14(3-4-15(12)19-16)18-13-6-9-17-10-7-13/h3-4,11,13,17H,5-10H2,1-2H3. The molecule has 104 valence electrons. The molecule has 0 saturated carbocycles. The van der Waals surface area contributed by atoms with Gasteiger partial charge in [-0.05, 0) is 76.4 Å². The number of nitrogens with one attached hydrogen (secondary N) is 1. The first-order chi connectivity index (χ1) is 9.12. The molecule has 1 aromatic carbocycles. The van der Waals surface area contributed by atoms with Crippen LogP contribution in [0.2, 0.25) is 0 Å². The minimum absolute atomic E-state index is 0.0373. The van der Waals surface area contributed by atoms with Crippen molar-refractivity contribution in [1.82, 2.24) is 5.32 Å². The van der Waals surface area contributed by atoms with Crippen molar-refractivity contribution in [2.45, 2.75) is 51.2 Å². The zero-order chi connectivity index (χ0) is 13.3. The van der Waals surface area contributed by atoms with E-state index in [1.807, 2.05) is 6.07 Å². The number of piperidine rings is 1. The number of hydrogen-bond acceptors (Lipinski definition) is 3. The fourth-order valence-corrected chi connectivity index (χ4v) is 2.81. The SMILES string of the molecule is CC1(C)CCc2cc(OC3CCNCC3)ccc2O1. The monoisotopic (exact) mass is 261 g/mol. The predicted molar refractivity (Wildman–Crippen MR) is 76.0 cm³/mol. The van der Waals surface area contributed by atoms with E-state index in [-0.39, 0.29) is 5.60 Å². The lowest BCUT2D eigenvalue weighted by atomic mass is 9.94. The van der Waals surface area contributed by atoms with Crippen LogP contribution in [0.3, 0.4) is 0 Å². The maximum atomic E-state index is 6.08. The van der Waals surface area contributed by atoms with Crippen LogP contribution in [0.1, 0.15) is 38.7 Å². The van der Waals surface area contributed by atoms with Crippen LogP contribution in [-0.4, -0.2) is 24.8 Å². The number of benzene rings is 1. The third-order valence-electron chi connectivity index (χ3n) is 4.00. The molecule has 0 atom stereocenters. The molecule has 19 heavy (non-hydrogen) atoms. The van der Waals surface area contributed by atoms with Crippen molar-refractivity contribution in [1.29, 1.82) is 0 Å². The Morgan fingerprint density at radius 2 is 2.05 bits per heavy atom. The van der Waals surface area contributed by atoms with Crippen LogP contribution in [0.4, 0.5) is 0 Å². The Morgan fingerprint density at radius 1 is 1.26 bits per heavy atom. The Balaban J connectivity index is 1.71. The number of fused-ring (bicyclic) bond motifs is 1. The maximum Gasteiger partial charge on any atom is 0.123 e. The van der Waals surface area contributed by atoms with Gasteiger partial charge in [0.2, 0.25) is 0 Å². The van der Waals surface area contributed by atoms with Crippen LogP contribution < -0.4 is 14.8 Å². The highest BCUT2D eigenvalue weighted by atomic mass is 16.5. The van der Waals surface area contributed by atoms with E-state index in [0.717, 1.165) is 50.3 Å². The molecule has 2 heterocycles. The molecule has 0 radical (unpaired) electrons. The largest absolute Gasteiger partial charge is 0.490 e. The quantitative estimate of drug-likeness (QED) is 0.888. The molecule has 2 aliphatic rings. The summed E-state index contributed by atoms with van der Waals surface area (Å²) in [6, 6.07) is 6.27. The number of hydrogen-bond donors (Lipinski definition) is 1. The van der Waals surface area contributed by atoms with E-state index >= 15 is 0 Å². The molecule has 0 aliphatic carbocycles. The van der Waals surface area contributed by atoms with Crippen LogP contribution in [0.25, 0.3) is 0 Å². The van der Waals surface area contributed by atoms with Crippen molar-refractivity contribution in [2.24, 2.45) is 0 Å². The summed E-state index contributed by atoms with van der Waals surface area (Å²) < 4.78 is 12.1. The summed E-state index contributed by atoms with van der Waals surface area (Å²) in [5.74, 6) is 2.02. The van der Waals surface area contributed by atoms with E-state index in [4.69, 9.17) is 9.47 Å². The minimum atomic E-state index is -0.0373. The molecule has 1 saturated heterocycles. The van der Waals surface area contributed by atoms with Crippen LogP contribution in [0.15, 0.2) is 18.2 Å². The first-order valence-corrected chi connectivity index (χ1v) is 7.32. The van der Waals surface area contributed by atoms with Crippen molar-refractivity contribution in [3.8, 4) is 11.5 Å². The molecule has 1 fully saturated rings. The highest BCUT2D eigenvalue weighted by Crippen LogP contribution is 2.35. The average molecular weight is 261 g/mol. The van der Waals surface area contributed by atoms with Gasteiger partial charge in [-0.15, -0.1) is 0 Å². The van der Waals surface area contributed by atoms with Gasteiger partial charge in [0, 0.05) is 0 Å². The molecule has 0 unspecified atom stereocenters. The summed E-state index contributed by atoms with van der Waals surface area (Å²) in [6.07, 6.45) is 4.70. The normalized spacial score (nSPS) is 22.4. The van der Waals surface area contributed by atoms with Crippen LogP contribution in [-0.2, 0) is 6.42 Å². The molecule has 3 nitrogen and oxygen atoms in total. The van der Waals surface area contributed by atoms with Crippen LogP contribution in [0, 0.1) is 0 Å². The Hall–Kier alpha value is -1.22. The molecule has 0 bridgehead atoms. The summed E-state index contributed by atoms with van der Waals surface area (Å²) in [6.45, 7) is 6.42. The van der Waals surface area contributed by atoms with Gasteiger partial charge in [0.25, 0.3) is 0 Å². The molecule has 3 rings (SSSR count). The van der Waals surface area contributed by atoms with E-state index in [9.17, 15) is 0 Å². The summed E-state index contributed by atoms with van der Waals surface area (Å²) in [7, 11) is 0. The van der Waals surface area contributed by atoms with Gasteiger partial charge >= 0.3 is 0 Å². The Morgan fingerprint density at radius 3 is 2.84 bits per heavy atom. The lowest BCUT2D eigenvalue weighted by molar-refractivity contribution is 0.0841. The van der Waals surface area contributed by atoms with Gasteiger partial charge in [-0.1, -0.05) is 0 Å². The van der Waals surface area contributed by atoms with E-state index in [1.54, 1.807) is 0 Å². The van der Waals surface area contributed by atoms with Crippen LogP contribution >= 0.6 is 0 Å². The van der Waals surface area contributed by atoms with Gasteiger partial charge in [0.15, 0.2) is 0 Å². The Bertz CT molecular complexity index is 450. The summed E-state index contributed by atoms with van der Waals surface area (Å²) in [5.41, 5.74) is 1.25. The molecule has 2 aliphatic heterocycles. The molecule has 0 amide bonds. The van der Waals surface area contributed by atoms with Crippen molar-refractivity contribution in [3.05, 3.63) is 23.8 Å². The third-order valence-corrected chi connectivity index (χ3v) is 4.00. The number of ether oxygens (including phenoxy) is 2. The van der Waals surface area contributed by atoms with E-state index in [0.29, 0.717) is 6.10 Å². The Kier molecular flexibility index (Phi) is 3.40. The zero-order valence-electron chi connectivity index (χ0n) is 11.9. The summed E-state index contributed by atoms with van der Waals surface area (Å²) >= 11 is 0. The number of rotatable bonds is 2. The van der Waals surface area contributed by atoms with Gasteiger partial charge in [-0.3, -0.25) is 0 Å². The van der Waals surface area contributed by atoms with Gasteiger partial charge < -0.3 is 14.8 Å². The second-order valence-electron chi connectivity index (χ2n) is 6.20. The molecule has 1 N–H and O–H groups in total. The van der Waals surface area contributed by atoms with Gasteiger partial charge in [0.1, 0.15) is 23.2 Å². The molecular formula is C16H23NO2. The van der Waals surface area contributed by atoms with Crippen molar-refractivity contribution in [2.75, 3.05) is 13.1 Å². The lowest BCUT2D eigenvalue weighted by Gasteiger charge is -2.33. The van der Waals surface area contributed by atoms with Gasteiger partial charge in [0.05, 0.1) is 0 Å². The van der Waals surface area contributed by atoms with E-state index < -0.39 is 0 Å². The van der Waals surface area contributed by atoms with Crippen molar-refractivity contribution >= 4 is 0 Å². The van der Waals surface area contributed by atoms with Crippen molar-refractivity contribution in [3.63, 3.8) is 0 Å². The third kappa shape index (κ3) is 3.03. The maximum absolute atomic E-state index is 6.08. The molecule has 0 spiro atoms. The van der Waals surface area contributed by atoms with E-state index in [1.165, 1.54) is 5.56 Å². The van der Waals surface area contributed by atoms with Crippen LogP contribution in [0.5, 0.6) is 11.5 Å². The topological polar surface area (TPSA) is 30.5 Å². The fourth-order valence-electron chi connectivity index (χ4n) is 2.81. The molecular weight excluding hydrogens is 238 g/mol.